The van der Waals surface area contributed by atoms with Crippen LogP contribution in [-0.2, 0) is 22.6 Å². The highest BCUT2D eigenvalue weighted by molar-refractivity contribution is 6.06. The first-order valence-corrected chi connectivity index (χ1v) is 12.2. The van der Waals surface area contributed by atoms with Gasteiger partial charge in [0.25, 0.3) is 11.8 Å². The van der Waals surface area contributed by atoms with E-state index in [1.807, 2.05) is 18.2 Å². The zero-order valence-corrected chi connectivity index (χ0v) is 21.8. The van der Waals surface area contributed by atoms with Gasteiger partial charge in [-0.25, -0.2) is 0 Å². The highest BCUT2D eigenvalue weighted by Crippen LogP contribution is 2.31. The molecule has 4 rings (SSSR count). The standard InChI is InChI=1S/C29H30N2O7/c1-18-29(34)31(14-13-20-9-11-26(35-3)27(15-20)36-4)17-21-16-22(10-12-24(21)37-18)30-28(33)23-7-5-6-8-25(23)38-19(2)32/h5-12,15-16,18H,13-14,17H2,1-4H3,(H,30,33). The molecule has 1 heterocycles. The van der Waals surface area contributed by atoms with E-state index in [1.165, 1.54) is 6.92 Å². The Labute approximate surface area is 221 Å². The number of fused-ring (bicyclic) bond motifs is 1. The summed E-state index contributed by atoms with van der Waals surface area (Å²) in [5, 5.41) is 2.85. The van der Waals surface area contributed by atoms with Crippen molar-refractivity contribution in [1.82, 2.24) is 4.90 Å². The Morgan fingerprint density at radius 1 is 1.00 bits per heavy atom. The summed E-state index contributed by atoms with van der Waals surface area (Å²) in [5.41, 5.74) is 2.52. The van der Waals surface area contributed by atoms with E-state index >= 15 is 0 Å². The molecular weight excluding hydrogens is 488 g/mol. The van der Waals surface area contributed by atoms with E-state index < -0.39 is 18.0 Å². The van der Waals surface area contributed by atoms with Gasteiger partial charge in [-0.2, -0.15) is 0 Å². The van der Waals surface area contributed by atoms with Crippen LogP contribution in [0.3, 0.4) is 0 Å². The predicted molar refractivity (Wildman–Crippen MR) is 141 cm³/mol. The maximum atomic E-state index is 13.1. The van der Waals surface area contributed by atoms with Gasteiger partial charge in [0.05, 0.1) is 19.8 Å². The summed E-state index contributed by atoms with van der Waals surface area (Å²) < 4.78 is 21.8. The number of carbonyl (C=O) groups is 3. The number of hydrogen-bond acceptors (Lipinski definition) is 7. The molecule has 1 atom stereocenters. The first-order valence-electron chi connectivity index (χ1n) is 12.2. The molecule has 0 fully saturated rings. The van der Waals surface area contributed by atoms with E-state index in [1.54, 1.807) is 68.5 Å². The van der Waals surface area contributed by atoms with Crippen LogP contribution in [0.1, 0.15) is 35.3 Å². The Kier molecular flexibility index (Phi) is 8.15. The normalized spacial score (nSPS) is 14.6. The average molecular weight is 519 g/mol. The third kappa shape index (κ3) is 6.05. The third-order valence-electron chi connectivity index (χ3n) is 6.15. The van der Waals surface area contributed by atoms with Crippen molar-refractivity contribution >= 4 is 23.5 Å². The molecule has 0 saturated carbocycles. The summed E-state index contributed by atoms with van der Waals surface area (Å²) in [6.45, 7) is 3.79. The quantitative estimate of drug-likeness (QED) is 0.352. The van der Waals surface area contributed by atoms with Gasteiger partial charge in [0, 0.05) is 31.3 Å². The van der Waals surface area contributed by atoms with Crippen LogP contribution in [0.2, 0.25) is 0 Å². The van der Waals surface area contributed by atoms with E-state index in [0.29, 0.717) is 42.4 Å². The van der Waals surface area contributed by atoms with Gasteiger partial charge in [0.15, 0.2) is 17.6 Å². The Morgan fingerprint density at radius 2 is 1.76 bits per heavy atom. The first-order chi connectivity index (χ1) is 18.3. The number of anilines is 1. The fourth-order valence-electron chi connectivity index (χ4n) is 4.26. The number of para-hydroxylation sites is 1. The van der Waals surface area contributed by atoms with Crippen LogP contribution < -0.4 is 24.3 Å². The summed E-state index contributed by atoms with van der Waals surface area (Å²) in [6, 6.07) is 17.4. The highest BCUT2D eigenvalue weighted by Gasteiger charge is 2.28. The molecular formula is C29H30N2O7. The van der Waals surface area contributed by atoms with Crippen molar-refractivity contribution in [3.63, 3.8) is 0 Å². The second-order valence-electron chi connectivity index (χ2n) is 8.83. The van der Waals surface area contributed by atoms with Crippen LogP contribution in [0.15, 0.2) is 60.7 Å². The fraction of sp³-hybridized carbons (Fsp3) is 0.276. The molecule has 0 saturated heterocycles. The van der Waals surface area contributed by atoms with Crippen molar-refractivity contribution in [2.45, 2.75) is 32.9 Å². The molecule has 3 aromatic carbocycles. The lowest BCUT2D eigenvalue weighted by Crippen LogP contribution is -2.39. The van der Waals surface area contributed by atoms with Crippen LogP contribution in [0.5, 0.6) is 23.0 Å². The molecule has 9 nitrogen and oxygen atoms in total. The number of esters is 1. The molecule has 1 aliphatic heterocycles. The minimum absolute atomic E-state index is 0.123. The van der Waals surface area contributed by atoms with E-state index in [-0.39, 0.29) is 17.2 Å². The Bertz CT molecular complexity index is 1350. The van der Waals surface area contributed by atoms with Crippen LogP contribution in [0.4, 0.5) is 5.69 Å². The van der Waals surface area contributed by atoms with Crippen molar-refractivity contribution in [2.24, 2.45) is 0 Å². The summed E-state index contributed by atoms with van der Waals surface area (Å²) in [5.74, 6) is 0.968. The number of carbonyl (C=O) groups excluding carboxylic acids is 3. The molecule has 0 spiro atoms. The molecule has 1 N–H and O–H groups in total. The molecule has 198 valence electrons. The molecule has 9 heteroatoms. The van der Waals surface area contributed by atoms with Gasteiger partial charge >= 0.3 is 5.97 Å². The molecule has 38 heavy (non-hydrogen) atoms. The number of hydrogen-bond donors (Lipinski definition) is 1. The highest BCUT2D eigenvalue weighted by atomic mass is 16.5. The SMILES string of the molecule is COc1ccc(CCN2Cc3cc(NC(=O)c4ccccc4OC(C)=O)ccc3OC(C)C2=O)cc1OC. The van der Waals surface area contributed by atoms with Gasteiger partial charge in [0.2, 0.25) is 0 Å². The number of benzene rings is 3. The second kappa shape index (κ2) is 11.7. The van der Waals surface area contributed by atoms with Gasteiger partial charge in [-0.15, -0.1) is 0 Å². The molecule has 3 aromatic rings. The van der Waals surface area contributed by atoms with Crippen LogP contribution in [0.25, 0.3) is 0 Å². The van der Waals surface area contributed by atoms with Crippen LogP contribution >= 0.6 is 0 Å². The maximum Gasteiger partial charge on any atom is 0.308 e. The monoisotopic (exact) mass is 518 g/mol. The molecule has 0 radical (unpaired) electrons. The molecule has 0 aromatic heterocycles. The summed E-state index contributed by atoms with van der Waals surface area (Å²) >= 11 is 0. The number of ether oxygens (including phenoxy) is 4. The Morgan fingerprint density at radius 3 is 2.50 bits per heavy atom. The lowest BCUT2D eigenvalue weighted by Gasteiger charge is -2.22. The maximum absolute atomic E-state index is 13.1. The van der Waals surface area contributed by atoms with Crippen LogP contribution in [-0.4, -0.2) is 49.6 Å². The second-order valence-corrected chi connectivity index (χ2v) is 8.83. The summed E-state index contributed by atoms with van der Waals surface area (Å²) in [7, 11) is 3.17. The number of amides is 2. The summed E-state index contributed by atoms with van der Waals surface area (Å²) in [4.78, 5) is 39.2. The van der Waals surface area contributed by atoms with E-state index in [9.17, 15) is 14.4 Å². The molecule has 2 amide bonds. The summed E-state index contributed by atoms with van der Waals surface area (Å²) in [6.07, 6.45) is -0.0463. The van der Waals surface area contributed by atoms with Gasteiger partial charge < -0.3 is 29.2 Å². The predicted octanol–water partition coefficient (Wildman–Crippen LogP) is 4.23. The first kappa shape index (κ1) is 26.5. The number of nitrogens with one attached hydrogen (secondary N) is 1. The lowest BCUT2D eigenvalue weighted by atomic mass is 10.1. The number of rotatable bonds is 8. The molecule has 1 aliphatic rings. The minimum atomic E-state index is -0.655. The Hall–Kier alpha value is -4.53. The topological polar surface area (TPSA) is 103 Å². The lowest BCUT2D eigenvalue weighted by molar-refractivity contribution is -0.137. The molecule has 0 bridgehead atoms. The van der Waals surface area contributed by atoms with Crippen molar-refractivity contribution in [3.8, 4) is 23.0 Å². The van der Waals surface area contributed by atoms with Crippen molar-refractivity contribution in [1.29, 1.82) is 0 Å². The van der Waals surface area contributed by atoms with Crippen LogP contribution in [0, 0.1) is 0 Å². The van der Waals surface area contributed by atoms with Crippen molar-refractivity contribution < 1.29 is 33.3 Å². The molecule has 0 aliphatic carbocycles. The Balaban J connectivity index is 1.51. The van der Waals surface area contributed by atoms with E-state index in [4.69, 9.17) is 18.9 Å². The largest absolute Gasteiger partial charge is 0.493 e. The zero-order valence-electron chi connectivity index (χ0n) is 21.8. The van der Waals surface area contributed by atoms with Gasteiger partial charge in [0.1, 0.15) is 11.5 Å². The zero-order chi connectivity index (χ0) is 27.2. The van der Waals surface area contributed by atoms with Crippen molar-refractivity contribution in [3.05, 3.63) is 77.4 Å². The van der Waals surface area contributed by atoms with E-state index in [2.05, 4.69) is 5.32 Å². The third-order valence-corrected chi connectivity index (χ3v) is 6.15. The fourth-order valence-corrected chi connectivity index (χ4v) is 4.26. The average Bonchev–Trinajstić information content (AvgIpc) is 3.02. The number of methoxy groups -OCH3 is 2. The van der Waals surface area contributed by atoms with E-state index in [0.717, 1.165) is 11.1 Å². The van der Waals surface area contributed by atoms with Gasteiger partial charge in [-0.05, 0) is 61.4 Å². The van der Waals surface area contributed by atoms with Gasteiger partial charge in [-0.3, -0.25) is 14.4 Å². The number of nitrogens with zero attached hydrogens (tertiary/aromatic N) is 1. The minimum Gasteiger partial charge on any atom is -0.493 e. The molecule has 1 unspecified atom stereocenters. The van der Waals surface area contributed by atoms with Crippen molar-refractivity contribution in [2.75, 3.05) is 26.1 Å². The smallest absolute Gasteiger partial charge is 0.308 e. The van der Waals surface area contributed by atoms with Gasteiger partial charge in [-0.1, -0.05) is 18.2 Å².